The first-order chi connectivity index (χ1) is 5.11. The molecule has 3 N–H and O–H groups in total. The number of nitrogens with one attached hydrogen (secondary N) is 1. The summed E-state index contributed by atoms with van der Waals surface area (Å²) in [4.78, 5) is 26.8. The van der Waals surface area contributed by atoms with Gasteiger partial charge in [0.25, 0.3) is 5.91 Å². The number of H-pyrrole nitrogens is 1. The van der Waals surface area contributed by atoms with Crippen LogP contribution >= 0.6 is 0 Å². The van der Waals surface area contributed by atoms with Gasteiger partial charge in [0.1, 0.15) is 5.69 Å². The van der Waals surface area contributed by atoms with Crippen molar-refractivity contribution in [1.82, 2.24) is 9.97 Å². The van der Waals surface area contributed by atoms with Crippen LogP contribution in [0, 0.1) is 6.92 Å². The molecular formula is C6H7N3O2. The van der Waals surface area contributed by atoms with Crippen molar-refractivity contribution in [3.05, 3.63) is 27.9 Å². The van der Waals surface area contributed by atoms with Crippen molar-refractivity contribution in [3.8, 4) is 0 Å². The molecule has 11 heavy (non-hydrogen) atoms. The molecule has 1 aromatic heterocycles. The molecule has 0 aliphatic carbocycles. The maximum atomic E-state index is 10.6. The molecule has 0 saturated carbocycles. The summed E-state index contributed by atoms with van der Waals surface area (Å²) in [7, 11) is 0. The molecule has 0 aliphatic heterocycles. The number of rotatable bonds is 1. The predicted molar refractivity (Wildman–Crippen MR) is 38.1 cm³/mol. The van der Waals surface area contributed by atoms with Crippen molar-refractivity contribution >= 4 is 5.91 Å². The number of aryl methyl sites for hydroxylation is 1. The van der Waals surface area contributed by atoms with E-state index in [1.165, 1.54) is 6.20 Å². The number of hydrogen-bond acceptors (Lipinski definition) is 3. The van der Waals surface area contributed by atoms with E-state index < -0.39 is 11.6 Å². The van der Waals surface area contributed by atoms with Crippen LogP contribution in [0.15, 0.2) is 11.0 Å². The number of carbonyl (C=O) groups is 1. The molecule has 0 atom stereocenters. The van der Waals surface area contributed by atoms with Crippen molar-refractivity contribution in [3.63, 3.8) is 0 Å². The van der Waals surface area contributed by atoms with Crippen molar-refractivity contribution < 1.29 is 4.79 Å². The molecule has 0 aromatic carbocycles. The number of hydrogen-bond donors (Lipinski definition) is 2. The normalized spacial score (nSPS) is 9.55. The summed E-state index contributed by atoms with van der Waals surface area (Å²) in [5.41, 5.74) is 5.06. The molecule has 58 valence electrons. The zero-order valence-electron chi connectivity index (χ0n) is 5.92. The number of nitrogens with zero attached hydrogens (tertiary/aromatic N) is 1. The monoisotopic (exact) mass is 153 g/mol. The molecular weight excluding hydrogens is 146 g/mol. The lowest BCUT2D eigenvalue weighted by atomic mass is 10.2. The Kier molecular flexibility index (Phi) is 1.72. The average Bonchev–Trinajstić information content (AvgIpc) is 1.94. The van der Waals surface area contributed by atoms with Gasteiger partial charge >= 0.3 is 5.69 Å². The summed E-state index contributed by atoms with van der Waals surface area (Å²) in [5, 5.41) is 0. The second-order valence-electron chi connectivity index (χ2n) is 2.11. The van der Waals surface area contributed by atoms with E-state index in [4.69, 9.17) is 5.73 Å². The van der Waals surface area contributed by atoms with E-state index in [1.54, 1.807) is 6.92 Å². The number of primary amides is 1. The highest BCUT2D eigenvalue weighted by Gasteiger charge is 2.04. The van der Waals surface area contributed by atoms with E-state index in [-0.39, 0.29) is 5.69 Å². The predicted octanol–water partition coefficient (Wildman–Crippen LogP) is -0.823. The topological polar surface area (TPSA) is 88.8 Å². The second kappa shape index (κ2) is 2.53. The molecule has 0 aliphatic rings. The van der Waals surface area contributed by atoms with Crippen molar-refractivity contribution in [2.24, 2.45) is 5.73 Å². The van der Waals surface area contributed by atoms with Gasteiger partial charge in [-0.2, -0.15) is 0 Å². The van der Waals surface area contributed by atoms with Gasteiger partial charge < -0.3 is 10.7 Å². The average molecular weight is 153 g/mol. The van der Waals surface area contributed by atoms with Gasteiger partial charge in [-0.3, -0.25) is 4.79 Å². The minimum absolute atomic E-state index is 0.116. The van der Waals surface area contributed by atoms with Gasteiger partial charge in [-0.15, -0.1) is 0 Å². The van der Waals surface area contributed by atoms with Crippen LogP contribution in [0.25, 0.3) is 0 Å². The summed E-state index contributed by atoms with van der Waals surface area (Å²) in [6, 6.07) is 0. The van der Waals surface area contributed by atoms with Gasteiger partial charge in [-0.1, -0.05) is 0 Å². The third kappa shape index (κ3) is 1.43. The highest BCUT2D eigenvalue weighted by molar-refractivity contribution is 5.91. The first-order valence-electron chi connectivity index (χ1n) is 2.97. The van der Waals surface area contributed by atoms with Crippen LogP contribution < -0.4 is 11.4 Å². The Morgan fingerprint density at radius 3 is 2.82 bits per heavy atom. The third-order valence-electron chi connectivity index (χ3n) is 1.25. The standard InChI is InChI=1S/C6H7N3O2/c1-3-2-8-6(11)9-4(3)5(7)10/h2H,1H3,(H2,7,10)(H,8,9,11). The largest absolute Gasteiger partial charge is 0.364 e. The molecule has 1 rings (SSSR count). The molecule has 5 nitrogen and oxygen atoms in total. The fourth-order valence-corrected chi connectivity index (χ4v) is 0.714. The summed E-state index contributed by atoms with van der Waals surface area (Å²) >= 11 is 0. The lowest BCUT2D eigenvalue weighted by Gasteiger charge is -1.96. The molecule has 0 spiro atoms. The SMILES string of the molecule is Cc1cnc(=O)[nH]c1C(N)=O. The highest BCUT2D eigenvalue weighted by atomic mass is 16.2. The van der Waals surface area contributed by atoms with E-state index in [9.17, 15) is 9.59 Å². The van der Waals surface area contributed by atoms with Crippen LogP contribution in [0.4, 0.5) is 0 Å². The first kappa shape index (κ1) is 7.46. The molecule has 1 aromatic rings. The maximum Gasteiger partial charge on any atom is 0.345 e. The van der Waals surface area contributed by atoms with Crippen molar-refractivity contribution in [2.75, 3.05) is 0 Å². The fraction of sp³-hybridized carbons (Fsp3) is 0.167. The van der Waals surface area contributed by atoms with Gasteiger partial charge in [0.2, 0.25) is 0 Å². The highest BCUT2D eigenvalue weighted by Crippen LogP contribution is 1.96. The molecule has 0 saturated heterocycles. The van der Waals surface area contributed by atoms with E-state index in [2.05, 4.69) is 9.97 Å². The van der Waals surface area contributed by atoms with Gasteiger partial charge in [-0.05, 0) is 12.5 Å². The Bertz CT molecular complexity index is 342. The van der Waals surface area contributed by atoms with Gasteiger partial charge in [0.15, 0.2) is 0 Å². The number of aromatic amines is 1. The zero-order valence-corrected chi connectivity index (χ0v) is 5.92. The molecule has 0 radical (unpaired) electrons. The summed E-state index contributed by atoms with van der Waals surface area (Å²) in [6.45, 7) is 1.64. The Hall–Kier alpha value is -1.65. The summed E-state index contributed by atoms with van der Waals surface area (Å²) < 4.78 is 0. The van der Waals surface area contributed by atoms with Crippen molar-refractivity contribution in [2.45, 2.75) is 6.92 Å². The Labute approximate surface area is 62.3 Å². The lowest BCUT2D eigenvalue weighted by molar-refractivity contribution is 0.0994. The zero-order chi connectivity index (χ0) is 8.43. The van der Waals surface area contributed by atoms with Crippen LogP contribution in [0.5, 0.6) is 0 Å². The summed E-state index contributed by atoms with van der Waals surface area (Å²) in [6.07, 6.45) is 1.30. The number of nitrogens with two attached hydrogens (primary N) is 1. The smallest absolute Gasteiger partial charge is 0.345 e. The maximum absolute atomic E-state index is 10.6. The minimum Gasteiger partial charge on any atom is -0.364 e. The van der Waals surface area contributed by atoms with Crippen LogP contribution in [0.3, 0.4) is 0 Å². The third-order valence-corrected chi connectivity index (χ3v) is 1.25. The van der Waals surface area contributed by atoms with Crippen LogP contribution in [-0.2, 0) is 0 Å². The number of carbonyl (C=O) groups excluding carboxylic acids is 1. The molecule has 0 bridgehead atoms. The van der Waals surface area contributed by atoms with Crippen molar-refractivity contribution in [1.29, 1.82) is 0 Å². The van der Waals surface area contributed by atoms with Crippen LogP contribution in [0.2, 0.25) is 0 Å². The molecule has 0 fully saturated rings. The van der Waals surface area contributed by atoms with Gasteiger partial charge in [0.05, 0.1) is 0 Å². The van der Waals surface area contributed by atoms with Crippen LogP contribution in [-0.4, -0.2) is 15.9 Å². The molecule has 0 unspecified atom stereocenters. The quantitative estimate of drug-likeness (QED) is 0.552. The Morgan fingerprint density at radius 1 is 1.73 bits per heavy atom. The second-order valence-corrected chi connectivity index (χ2v) is 2.11. The Morgan fingerprint density at radius 2 is 2.36 bits per heavy atom. The van der Waals surface area contributed by atoms with E-state index >= 15 is 0 Å². The first-order valence-corrected chi connectivity index (χ1v) is 2.97. The van der Waals surface area contributed by atoms with E-state index in [0.717, 1.165) is 0 Å². The fourth-order valence-electron chi connectivity index (χ4n) is 0.714. The number of aromatic nitrogens is 2. The number of amides is 1. The summed E-state index contributed by atoms with van der Waals surface area (Å²) in [5.74, 6) is -0.651. The van der Waals surface area contributed by atoms with Gasteiger partial charge in [0, 0.05) is 6.20 Å². The lowest BCUT2D eigenvalue weighted by Crippen LogP contribution is -2.21. The van der Waals surface area contributed by atoms with Gasteiger partial charge in [-0.25, -0.2) is 9.78 Å². The molecule has 1 amide bonds. The molecule has 1 heterocycles. The minimum atomic E-state index is -0.651. The Balaban J connectivity index is 3.35. The van der Waals surface area contributed by atoms with Crippen LogP contribution in [0.1, 0.15) is 16.1 Å². The molecule has 5 heteroatoms. The van der Waals surface area contributed by atoms with E-state index in [1.807, 2.05) is 0 Å². The van der Waals surface area contributed by atoms with E-state index in [0.29, 0.717) is 5.56 Å².